The number of esters is 1. The van der Waals surface area contributed by atoms with Crippen LogP contribution >= 0.6 is 11.6 Å². The van der Waals surface area contributed by atoms with Crippen LogP contribution in [0, 0.1) is 5.92 Å². The zero-order chi connectivity index (χ0) is 21.8. The molecule has 0 aromatic heterocycles. The van der Waals surface area contributed by atoms with E-state index in [4.69, 9.17) is 16.3 Å². The van der Waals surface area contributed by atoms with Gasteiger partial charge in [-0.05, 0) is 36.6 Å². The lowest BCUT2D eigenvalue weighted by Gasteiger charge is -2.25. The molecule has 1 atom stereocenters. The standard InChI is InChI=1S/C22H21ClN2O5/c1-13(2)11-18(25-20(27)14-7-3-4-8-15(14)21(25)28)22(29)30-12-19(26)24-17-10-6-5-9-16(17)23/h3-10,13,18H,11-12H2,1-2H3,(H,24,26). The van der Waals surface area contributed by atoms with Crippen molar-refractivity contribution in [2.75, 3.05) is 11.9 Å². The molecule has 156 valence electrons. The predicted molar refractivity (Wildman–Crippen MR) is 111 cm³/mol. The van der Waals surface area contributed by atoms with E-state index in [0.29, 0.717) is 10.7 Å². The van der Waals surface area contributed by atoms with Gasteiger partial charge in [0.15, 0.2) is 6.61 Å². The molecule has 2 aromatic carbocycles. The Kier molecular flexibility index (Phi) is 6.52. The Bertz CT molecular complexity index is 970. The van der Waals surface area contributed by atoms with Crippen LogP contribution in [0.4, 0.5) is 5.69 Å². The molecule has 1 N–H and O–H groups in total. The number of nitrogens with zero attached hydrogens (tertiary/aromatic N) is 1. The van der Waals surface area contributed by atoms with Crippen LogP contribution in [-0.4, -0.2) is 41.2 Å². The second-order valence-corrected chi connectivity index (χ2v) is 7.71. The molecule has 30 heavy (non-hydrogen) atoms. The number of para-hydroxylation sites is 1. The molecule has 0 saturated heterocycles. The van der Waals surface area contributed by atoms with Crippen molar-refractivity contribution < 1.29 is 23.9 Å². The fourth-order valence-electron chi connectivity index (χ4n) is 3.23. The minimum Gasteiger partial charge on any atom is -0.454 e. The van der Waals surface area contributed by atoms with Crippen molar-refractivity contribution in [3.8, 4) is 0 Å². The number of rotatable bonds is 7. The predicted octanol–water partition coefficient (Wildman–Crippen LogP) is 3.53. The van der Waals surface area contributed by atoms with Gasteiger partial charge in [0.05, 0.1) is 21.8 Å². The van der Waals surface area contributed by atoms with Gasteiger partial charge in [0.1, 0.15) is 6.04 Å². The highest BCUT2D eigenvalue weighted by atomic mass is 35.5. The van der Waals surface area contributed by atoms with E-state index in [1.807, 2.05) is 13.8 Å². The van der Waals surface area contributed by atoms with Crippen molar-refractivity contribution in [3.63, 3.8) is 0 Å². The van der Waals surface area contributed by atoms with Gasteiger partial charge >= 0.3 is 5.97 Å². The molecule has 3 amide bonds. The second kappa shape index (κ2) is 9.09. The molecule has 0 saturated carbocycles. The smallest absolute Gasteiger partial charge is 0.329 e. The van der Waals surface area contributed by atoms with Crippen LogP contribution in [0.5, 0.6) is 0 Å². The van der Waals surface area contributed by atoms with Gasteiger partial charge in [-0.15, -0.1) is 0 Å². The molecular formula is C22H21ClN2O5. The molecular weight excluding hydrogens is 408 g/mol. The van der Waals surface area contributed by atoms with Gasteiger partial charge in [-0.1, -0.05) is 49.7 Å². The van der Waals surface area contributed by atoms with Crippen LogP contribution in [0.3, 0.4) is 0 Å². The van der Waals surface area contributed by atoms with Gasteiger partial charge in [-0.2, -0.15) is 0 Å². The van der Waals surface area contributed by atoms with Crippen molar-refractivity contribution in [2.45, 2.75) is 26.3 Å². The van der Waals surface area contributed by atoms with Crippen molar-refractivity contribution in [3.05, 3.63) is 64.7 Å². The lowest BCUT2D eigenvalue weighted by atomic mass is 10.0. The number of ether oxygens (including phenoxy) is 1. The lowest BCUT2D eigenvalue weighted by Crippen LogP contribution is -2.46. The maximum absolute atomic E-state index is 12.8. The summed E-state index contributed by atoms with van der Waals surface area (Å²) >= 11 is 6.00. The first-order valence-electron chi connectivity index (χ1n) is 9.47. The van der Waals surface area contributed by atoms with Gasteiger partial charge in [0.25, 0.3) is 17.7 Å². The number of benzene rings is 2. The summed E-state index contributed by atoms with van der Waals surface area (Å²) in [7, 11) is 0. The highest BCUT2D eigenvalue weighted by Gasteiger charge is 2.43. The summed E-state index contributed by atoms with van der Waals surface area (Å²) in [6.45, 7) is 3.16. The van der Waals surface area contributed by atoms with E-state index in [2.05, 4.69) is 5.32 Å². The average Bonchev–Trinajstić information content (AvgIpc) is 2.97. The Labute approximate surface area is 179 Å². The van der Waals surface area contributed by atoms with E-state index in [0.717, 1.165) is 4.90 Å². The molecule has 0 radical (unpaired) electrons. The SMILES string of the molecule is CC(C)CC(C(=O)OCC(=O)Nc1ccccc1Cl)N1C(=O)c2ccccc2C1=O. The maximum Gasteiger partial charge on any atom is 0.329 e. The van der Waals surface area contributed by atoms with Crippen LogP contribution in [0.25, 0.3) is 0 Å². The van der Waals surface area contributed by atoms with Crippen molar-refractivity contribution >= 4 is 41.0 Å². The number of carbonyl (C=O) groups excluding carboxylic acids is 4. The first-order valence-corrected chi connectivity index (χ1v) is 9.85. The Balaban J connectivity index is 1.71. The number of anilines is 1. The highest BCUT2D eigenvalue weighted by molar-refractivity contribution is 6.33. The quantitative estimate of drug-likeness (QED) is 0.538. The summed E-state index contributed by atoms with van der Waals surface area (Å²) < 4.78 is 5.15. The molecule has 1 unspecified atom stereocenters. The number of fused-ring (bicyclic) bond motifs is 1. The molecule has 8 heteroatoms. The average molecular weight is 429 g/mol. The highest BCUT2D eigenvalue weighted by Crippen LogP contribution is 2.27. The molecule has 0 bridgehead atoms. The number of hydrogen-bond acceptors (Lipinski definition) is 5. The normalized spacial score (nSPS) is 13.9. The number of amides is 3. The summed E-state index contributed by atoms with van der Waals surface area (Å²) in [5, 5.41) is 2.90. The van der Waals surface area contributed by atoms with Crippen LogP contribution in [-0.2, 0) is 14.3 Å². The molecule has 3 rings (SSSR count). The third kappa shape index (κ3) is 4.52. The molecule has 0 spiro atoms. The van der Waals surface area contributed by atoms with Crippen LogP contribution < -0.4 is 5.32 Å². The Hall–Kier alpha value is -3.19. The summed E-state index contributed by atoms with van der Waals surface area (Å²) in [6, 6.07) is 11.9. The number of hydrogen-bond donors (Lipinski definition) is 1. The minimum absolute atomic E-state index is 0.00353. The van der Waals surface area contributed by atoms with Crippen molar-refractivity contribution in [2.24, 2.45) is 5.92 Å². The molecule has 0 aliphatic carbocycles. The molecule has 1 aliphatic rings. The third-order valence-electron chi connectivity index (χ3n) is 4.60. The minimum atomic E-state index is -1.12. The van der Waals surface area contributed by atoms with Gasteiger partial charge in [0, 0.05) is 0 Å². The van der Waals surface area contributed by atoms with Crippen LogP contribution in [0.15, 0.2) is 48.5 Å². The molecule has 1 heterocycles. The van der Waals surface area contributed by atoms with E-state index in [1.165, 1.54) is 0 Å². The van der Waals surface area contributed by atoms with Gasteiger partial charge in [-0.3, -0.25) is 19.3 Å². The van der Waals surface area contributed by atoms with E-state index in [-0.39, 0.29) is 23.5 Å². The lowest BCUT2D eigenvalue weighted by molar-refractivity contribution is -0.151. The van der Waals surface area contributed by atoms with E-state index in [1.54, 1.807) is 48.5 Å². The van der Waals surface area contributed by atoms with Crippen LogP contribution in [0.1, 0.15) is 41.0 Å². The van der Waals surface area contributed by atoms with Gasteiger partial charge in [-0.25, -0.2) is 4.79 Å². The summed E-state index contributed by atoms with van der Waals surface area (Å²) in [6.07, 6.45) is 0.219. The maximum atomic E-state index is 12.8. The Morgan fingerprint density at radius 3 is 2.13 bits per heavy atom. The fourth-order valence-corrected chi connectivity index (χ4v) is 3.41. The molecule has 1 aliphatic heterocycles. The monoisotopic (exact) mass is 428 g/mol. The van der Waals surface area contributed by atoms with E-state index in [9.17, 15) is 19.2 Å². The van der Waals surface area contributed by atoms with Crippen LogP contribution in [0.2, 0.25) is 5.02 Å². The second-order valence-electron chi connectivity index (χ2n) is 7.31. The summed E-state index contributed by atoms with van der Waals surface area (Å²) in [4.78, 5) is 51.3. The zero-order valence-electron chi connectivity index (χ0n) is 16.6. The van der Waals surface area contributed by atoms with Crippen molar-refractivity contribution in [1.29, 1.82) is 0 Å². The first-order chi connectivity index (χ1) is 14.3. The van der Waals surface area contributed by atoms with Crippen molar-refractivity contribution in [1.82, 2.24) is 4.90 Å². The zero-order valence-corrected chi connectivity index (χ0v) is 17.3. The van der Waals surface area contributed by atoms with Gasteiger partial charge in [0.2, 0.25) is 0 Å². The third-order valence-corrected chi connectivity index (χ3v) is 4.93. The topological polar surface area (TPSA) is 92.8 Å². The molecule has 0 fully saturated rings. The first kappa shape index (κ1) is 21.5. The van der Waals surface area contributed by atoms with Gasteiger partial charge < -0.3 is 10.1 Å². The number of halogens is 1. The molecule has 7 nitrogen and oxygen atoms in total. The fraction of sp³-hybridized carbons (Fsp3) is 0.273. The largest absolute Gasteiger partial charge is 0.454 e. The summed E-state index contributed by atoms with van der Waals surface area (Å²) in [5.74, 6) is -2.48. The Morgan fingerprint density at radius 2 is 1.57 bits per heavy atom. The summed E-state index contributed by atoms with van der Waals surface area (Å²) in [5.41, 5.74) is 0.889. The molecule has 2 aromatic rings. The number of nitrogens with one attached hydrogen (secondary N) is 1. The van der Waals surface area contributed by atoms with E-state index < -0.39 is 36.3 Å². The Morgan fingerprint density at radius 1 is 1.00 bits per heavy atom. The van der Waals surface area contributed by atoms with E-state index >= 15 is 0 Å². The number of imide groups is 1. The number of carbonyl (C=O) groups is 4.